The average Bonchev–Trinajstić information content (AvgIpc) is 3.24. The summed E-state index contributed by atoms with van der Waals surface area (Å²) in [6.45, 7) is 6.66. The lowest BCUT2D eigenvalue weighted by Crippen LogP contribution is -2.53. The van der Waals surface area contributed by atoms with E-state index >= 15 is 0 Å². The summed E-state index contributed by atoms with van der Waals surface area (Å²) in [4.78, 5) is 14.1. The molecule has 0 aromatic heterocycles. The number of rotatable bonds is 8. The van der Waals surface area contributed by atoms with Crippen molar-refractivity contribution in [1.29, 1.82) is 0 Å². The number of hydrogen-bond donors (Lipinski definition) is 2. The first-order valence-electron chi connectivity index (χ1n) is 7.97. The molecule has 20 heavy (non-hydrogen) atoms. The number of carboxylic acid groups (broad SMARTS) is 1. The zero-order valence-corrected chi connectivity index (χ0v) is 12.6. The fourth-order valence-corrected chi connectivity index (χ4v) is 2.92. The van der Waals surface area contributed by atoms with Gasteiger partial charge in [0.05, 0.1) is 6.61 Å². The Morgan fingerprint density at radius 3 is 2.85 bits per heavy atom. The second-order valence-corrected chi connectivity index (χ2v) is 6.07. The highest BCUT2D eigenvalue weighted by molar-refractivity contribution is 5.78. The third kappa shape index (κ3) is 4.43. The van der Waals surface area contributed by atoms with Crippen LogP contribution in [-0.4, -0.2) is 60.4 Å². The van der Waals surface area contributed by atoms with Crippen LogP contribution in [-0.2, 0) is 9.53 Å². The molecule has 5 nitrogen and oxygen atoms in total. The summed E-state index contributed by atoms with van der Waals surface area (Å²) in [5, 5.41) is 12.9. The van der Waals surface area contributed by atoms with Gasteiger partial charge in [-0.3, -0.25) is 10.1 Å². The Labute approximate surface area is 121 Å². The highest BCUT2D eigenvalue weighted by atomic mass is 16.5. The van der Waals surface area contributed by atoms with E-state index in [1.54, 1.807) is 0 Å². The Morgan fingerprint density at radius 2 is 2.20 bits per heavy atom. The topological polar surface area (TPSA) is 61.8 Å². The number of carboxylic acids is 1. The number of aliphatic carboxylic acids is 1. The molecule has 0 bridgehead atoms. The highest BCUT2D eigenvalue weighted by Crippen LogP contribution is 2.27. The van der Waals surface area contributed by atoms with Crippen LogP contribution in [0.5, 0.6) is 0 Å². The van der Waals surface area contributed by atoms with Gasteiger partial charge in [-0.25, -0.2) is 0 Å². The molecule has 1 saturated carbocycles. The van der Waals surface area contributed by atoms with Crippen LogP contribution in [0.15, 0.2) is 0 Å². The standard InChI is InChI=1S/C15H28N2O3/c1-2-15(14(18)19,16-13-5-6-13)7-3-8-17-9-4-11-20-12-10-17/h13,16H,2-12H2,1H3,(H,18,19). The number of carbonyl (C=O) groups is 1. The van der Waals surface area contributed by atoms with Crippen molar-refractivity contribution in [2.45, 2.75) is 57.0 Å². The van der Waals surface area contributed by atoms with Gasteiger partial charge in [-0.2, -0.15) is 0 Å². The van der Waals surface area contributed by atoms with Gasteiger partial charge in [-0.05, 0) is 45.1 Å². The quantitative estimate of drug-likeness (QED) is 0.707. The van der Waals surface area contributed by atoms with Crippen LogP contribution in [0.3, 0.4) is 0 Å². The number of nitrogens with zero attached hydrogens (tertiary/aromatic N) is 1. The first kappa shape index (κ1) is 15.7. The van der Waals surface area contributed by atoms with Gasteiger partial charge < -0.3 is 14.7 Å². The monoisotopic (exact) mass is 284 g/mol. The summed E-state index contributed by atoms with van der Waals surface area (Å²) < 4.78 is 5.44. The van der Waals surface area contributed by atoms with Gasteiger partial charge in [0.2, 0.25) is 0 Å². The summed E-state index contributed by atoms with van der Waals surface area (Å²) in [5.41, 5.74) is -0.719. The van der Waals surface area contributed by atoms with E-state index in [2.05, 4.69) is 10.2 Å². The van der Waals surface area contributed by atoms with E-state index in [1.807, 2.05) is 6.92 Å². The minimum atomic E-state index is -0.719. The predicted octanol–water partition coefficient (Wildman–Crippen LogP) is 1.47. The second kappa shape index (κ2) is 7.38. The van der Waals surface area contributed by atoms with E-state index < -0.39 is 11.5 Å². The van der Waals surface area contributed by atoms with Crippen molar-refractivity contribution in [3.63, 3.8) is 0 Å². The number of hydrogen-bond acceptors (Lipinski definition) is 4. The van der Waals surface area contributed by atoms with E-state index in [9.17, 15) is 9.90 Å². The van der Waals surface area contributed by atoms with E-state index in [-0.39, 0.29) is 0 Å². The molecule has 1 atom stereocenters. The maximum Gasteiger partial charge on any atom is 0.323 e. The molecule has 2 aliphatic rings. The highest BCUT2D eigenvalue weighted by Gasteiger charge is 2.40. The van der Waals surface area contributed by atoms with Gasteiger partial charge in [0, 0.05) is 25.7 Å². The number of nitrogens with one attached hydrogen (secondary N) is 1. The minimum Gasteiger partial charge on any atom is -0.480 e. The zero-order chi connectivity index (χ0) is 14.4. The second-order valence-electron chi connectivity index (χ2n) is 6.07. The first-order chi connectivity index (χ1) is 9.66. The van der Waals surface area contributed by atoms with E-state index in [4.69, 9.17) is 4.74 Å². The number of ether oxygens (including phenoxy) is 1. The first-order valence-corrected chi connectivity index (χ1v) is 7.97. The maximum absolute atomic E-state index is 11.7. The molecule has 1 heterocycles. The molecule has 0 amide bonds. The van der Waals surface area contributed by atoms with Crippen molar-refractivity contribution < 1.29 is 14.6 Å². The Balaban J connectivity index is 1.79. The molecule has 1 unspecified atom stereocenters. The lowest BCUT2D eigenvalue weighted by Gasteiger charge is -2.31. The molecule has 2 N–H and O–H groups in total. The van der Waals surface area contributed by atoms with Crippen LogP contribution in [0.1, 0.15) is 45.4 Å². The zero-order valence-electron chi connectivity index (χ0n) is 12.6. The molecule has 2 rings (SSSR count). The van der Waals surface area contributed by atoms with E-state index in [1.165, 1.54) is 0 Å². The maximum atomic E-state index is 11.7. The van der Waals surface area contributed by atoms with Crippen molar-refractivity contribution in [3.05, 3.63) is 0 Å². The Morgan fingerprint density at radius 1 is 1.40 bits per heavy atom. The summed E-state index contributed by atoms with van der Waals surface area (Å²) in [7, 11) is 0. The fraction of sp³-hybridized carbons (Fsp3) is 0.933. The van der Waals surface area contributed by atoms with Crippen LogP contribution in [0.25, 0.3) is 0 Å². The lowest BCUT2D eigenvalue weighted by atomic mass is 9.90. The average molecular weight is 284 g/mol. The molecular formula is C15H28N2O3. The van der Waals surface area contributed by atoms with Gasteiger partial charge in [0.1, 0.15) is 5.54 Å². The molecule has 0 radical (unpaired) electrons. The Hall–Kier alpha value is -0.650. The van der Waals surface area contributed by atoms with E-state index in [0.29, 0.717) is 18.9 Å². The van der Waals surface area contributed by atoms with Crippen molar-refractivity contribution in [1.82, 2.24) is 10.2 Å². The van der Waals surface area contributed by atoms with Gasteiger partial charge in [-0.15, -0.1) is 0 Å². The van der Waals surface area contributed by atoms with Crippen LogP contribution >= 0.6 is 0 Å². The van der Waals surface area contributed by atoms with Crippen molar-refractivity contribution in [2.24, 2.45) is 0 Å². The van der Waals surface area contributed by atoms with Crippen LogP contribution in [0.4, 0.5) is 0 Å². The molecule has 5 heteroatoms. The Bertz CT molecular complexity index is 312. The van der Waals surface area contributed by atoms with Gasteiger partial charge in [0.15, 0.2) is 0 Å². The normalized spacial score (nSPS) is 24.1. The molecule has 0 aromatic rings. The smallest absolute Gasteiger partial charge is 0.323 e. The third-order valence-electron chi connectivity index (χ3n) is 4.46. The van der Waals surface area contributed by atoms with Crippen molar-refractivity contribution >= 4 is 5.97 Å². The largest absolute Gasteiger partial charge is 0.480 e. The summed E-state index contributed by atoms with van der Waals surface area (Å²) in [5.74, 6) is -0.689. The van der Waals surface area contributed by atoms with Crippen molar-refractivity contribution in [3.8, 4) is 0 Å². The predicted molar refractivity (Wildman–Crippen MR) is 77.9 cm³/mol. The van der Waals surface area contributed by atoms with E-state index in [0.717, 1.165) is 58.5 Å². The molecule has 1 saturated heterocycles. The van der Waals surface area contributed by atoms with Crippen LogP contribution in [0, 0.1) is 0 Å². The molecule has 2 fully saturated rings. The molecule has 116 valence electrons. The molecular weight excluding hydrogens is 256 g/mol. The summed E-state index contributed by atoms with van der Waals surface area (Å²) >= 11 is 0. The lowest BCUT2D eigenvalue weighted by molar-refractivity contribution is -0.145. The molecule has 0 aromatic carbocycles. The Kier molecular flexibility index (Phi) is 5.81. The molecule has 0 spiro atoms. The SMILES string of the molecule is CCC(CCCN1CCCOCC1)(NC1CC1)C(=O)O. The van der Waals surface area contributed by atoms with Gasteiger partial charge in [-0.1, -0.05) is 6.92 Å². The van der Waals surface area contributed by atoms with Gasteiger partial charge >= 0.3 is 5.97 Å². The van der Waals surface area contributed by atoms with Crippen LogP contribution < -0.4 is 5.32 Å². The van der Waals surface area contributed by atoms with Gasteiger partial charge in [0.25, 0.3) is 0 Å². The fourth-order valence-electron chi connectivity index (χ4n) is 2.92. The summed E-state index contributed by atoms with van der Waals surface area (Å²) in [6, 6.07) is 0.428. The summed E-state index contributed by atoms with van der Waals surface area (Å²) in [6.07, 6.45) is 5.63. The minimum absolute atomic E-state index is 0.428. The van der Waals surface area contributed by atoms with Crippen molar-refractivity contribution in [2.75, 3.05) is 32.8 Å². The van der Waals surface area contributed by atoms with Crippen LogP contribution in [0.2, 0.25) is 0 Å². The third-order valence-corrected chi connectivity index (χ3v) is 4.46. The molecule has 1 aliphatic carbocycles. The molecule has 1 aliphatic heterocycles.